The Balaban J connectivity index is 1.44. The molecule has 2 bridgehead atoms. The van der Waals surface area contributed by atoms with Gasteiger partial charge in [0.1, 0.15) is 11.9 Å². The van der Waals surface area contributed by atoms with E-state index in [9.17, 15) is 0 Å². The van der Waals surface area contributed by atoms with E-state index in [2.05, 4.69) is 14.9 Å². The van der Waals surface area contributed by atoms with Crippen LogP contribution in [0.25, 0.3) is 0 Å². The van der Waals surface area contributed by atoms with Gasteiger partial charge in [-0.2, -0.15) is 0 Å². The summed E-state index contributed by atoms with van der Waals surface area (Å²) in [7, 11) is 0. The number of nitrogens with two attached hydrogens (primary N) is 1. The molecular formula is C22H27N5O3. The molecule has 0 aliphatic carbocycles. The van der Waals surface area contributed by atoms with Crippen LogP contribution in [0.3, 0.4) is 0 Å². The van der Waals surface area contributed by atoms with Crippen molar-refractivity contribution in [3.8, 4) is 5.88 Å². The van der Waals surface area contributed by atoms with E-state index in [-0.39, 0.29) is 6.10 Å². The second kappa shape index (κ2) is 8.20. The van der Waals surface area contributed by atoms with Crippen molar-refractivity contribution in [1.82, 2.24) is 9.97 Å². The molecule has 158 valence electrons. The quantitative estimate of drug-likeness (QED) is 0.730. The monoisotopic (exact) mass is 409 g/mol. The van der Waals surface area contributed by atoms with E-state index in [4.69, 9.17) is 25.4 Å². The van der Waals surface area contributed by atoms with Gasteiger partial charge < -0.3 is 24.8 Å². The Morgan fingerprint density at radius 3 is 2.53 bits per heavy atom. The molecule has 2 unspecified atom stereocenters. The van der Waals surface area contributed by atoms with E-state index in [1.807, 2.05) is 12.1 Å². The topological polar surface area (TPSA) is 107 Å². The van der Waals surface area contributed by atoms with Crippen LogP contribution in [0.1, 0.15) is 36.8 Å². The van der Waals surface area contributed by atoms with Gasteiger partial charge in [0.05, 0.1) is 49.8 Å². The number of nitrogens with zero attached hydrogens (tertiary/aromatic N) is 3. The molecule has 5 rings (SSSR count). The first-order chi connectivity index (χ1) is 14.7. The standard InChI is InChI=1S/C22H27N5O3/c23-18-4-8-26-22(30-17-5-9-28-10-6-17)20(18)21(24)14-3-7-25-19(11-14)27-15-1-2-16(27)13-29-12-15/h3-4,7-8,11,15-17,24H,1-2,5-6,9-10,12-13H2,(H2,23,26). The molecule has 3 aliphatic rings. The lowest BCUT2D eigenvalue weighted by atomic mass is 10.0. The van der Waals surface area contributed by atoms with E-state index in [1.54, 1.807) is 18.5 Å². The zero-order chi connectivity index (χ0) is 20.5. The van der Waals surface area contributed by atoms with Crippen molar-refractivity contribution in [3.05, 3.63) is 41.7 Å². The van der Waals surface area contributed by atoms with Crippen molar-refractivity contribution in [3.63, 3.8) is 0 Å². The molecule has 3 aliphatic heterocycles. The summed E-state index contributed by atoms with van der Waals surface area (Å²) in [4.78, 5) is 11.4. The highest BCUT2D eigenvalue weighted by Gasteiger charge is 2.38. The molecule has 3 fully saturated rings. The molecule has 8 heteroatoms. The molecule has 8 nitrogen and oxygen atoms in total. The highest BCUT2D eigenvalue weighted by Crippen LogP contribution is 2.34. The molecule has 2 aromatic heterocycles. The van der Waals surface area contributed by atoms with Crippen LogP contribution < -0.4 is 15.4 Å². The summed E-state index contributed by atoms with van der Waals surface area (Å²) < 4.78 is 17.3. The summed E-state index contributed by atoms with van der Waals surface area (Å²) in [5, 5.41) is 8.90. The minimum Gasteiger partial charge on any atom is -0.474 e. The minimum atomic E-state index is 0.0246. The third-order valence-corrected chi connectivity index (χ3v) is 6.18. The second-order valence-electron chi connectivity index (χ2n) is 8.12. The fourth-order valence-corrected chi connectivity index (χ4v) is 4.61. The average molecular weight is 409 g/mol. The number of nitrogens with one attached hydrogen (secondary N) is 1. The largest absolute Gasteiger partial charge is 0.474 e. The maximum Gasteiger partial charge on any atom is 0.225 e. The molecule has 30 heavy (non-hydrogen) atoms. The number of morpholine rings is 1. The van der Waals surface area contributed by atoms with E-state index >= 15 is 0 Å². The molecule has 0 saturated carbocycles. The third kappa shape index (κ3) is 3.61. The zero-order valence-electron chi connectivity index (χ0n) is 16.9. The lowest BCUT2D eigenvalue weighted by Gasteiger charge is -2.35. The number of aromatic nitrogens is 2. The first kappa shape index (κ1) is 19.3. The predicted molar refractivity (Wildman–Crippen MR) is 113 cm³/mol. The molecule has 5 heterocycles. The lowest BCUT2D eigenvalue weighted by molar-refractivity contribution is 0.0237. The highest BCUT2D eigenvalue weighted by molar-refractivity contribution is 6.15. The van der Waals surface area contributed by atoms with Crippen molar-refractivity contribution in [1.29, 1.82) is 5.41 Å². The van der Waals surface area contributed by atoms with Crippen LogP contribution in [0, 0.1) is 5.41 Å². The maximum atomic E-state index is 8.90. The van der Waals surface area contributed by atoms with Gasteiger partial charge in [-0.3, -0.25) is 5.41 Å². The number of hydrogen-bond donors (Lipinski definition) is 2. The Hall–Kier alpha value is -2.71. The van der Waals surface area contributed by atoms with E-state index < -0.39 is 0 Å². The maximum absolute atomic E-state index is 8.90. The summed E-state index contributed by atoms with van der Waals surface area (Å²) in [5.41, 5.74) is 8.34. The van der Waals surface area contributed by atoms with Crippen molar-refractivity contribution in [2.45, 2.75) is 43.9 Å². The van der Waals surface area contributed by atoms with Gasteiger partial charge in [-0.25, -0.2) is 9.97 Å². The van der Waals surface area contributed by atoms with Gasteiger partial charge in [0.25, 0.3) is 0 Å². The first-order valence-electron chi connectivity index (χ1n) is 10.6. The zero-order valence-corrected chi connectivity index (χ0v) is 16.9. The molecule has 3 saturated heterocycles. The second-order valence-corrected chi connectivity index (χ2v) is 8.12. The SMILES string of the molecule is N=C(c1ccnc(N2C3CCC2COC3)c1)c1c(N)ccnc1OC1CCOCC1. The fourth-order valence-electron chi connectivity index (χ4n) is 4.61. The van der Waals surface area contributed by atoms with E-state index in [1.165, 1.54) is 0 Å². The minimum absolute atomic E-state index is 0.0246. The van der Waals surface area contributed by atoms with Crippen molar-refractivity contribution >= 4 is 17.2 Å². The van der Waals surface area contributed by atoms with Crippen LogP contribution in [0.5, 0.6) is 5.88 Å². The third-order valence-electron chi connectivity index (χ3n) is 6.18. The fraction of sp³-hybridized carbons (Fsp3) is 0.500. The first-order valence-corrected chi connectivity index (χ1v) is 10.6. The van der Waals surface area contributed by atoms with E-state index in [0.717, 1.165) is 50.3 Å². The Morgan fingerprint density at radius 1 is 1.03 bits per heavy atom. The van der Waals surface area contributed by atoms with Gasteiger partial charge in [0, 0.05) is 36.5 Å². The summed E-state index contributed by atoms with van der Waals surface area (Å²) in [6.45, 7) is 2.82. The summed E-state index contributed by atoms with van der Waals surface area (Å²) >= 11 is 0. The highest BCUT2D eigenvalue weighted by atomic mass is 16.5. The number of pyridine rings is 2. The van der Waals surface area contributed by atoms with Gasteiger partial charge >= 0.3 is 0 Å². The number of nitrogen functional groups attached to an aromatic ring is 1. The molecule has 0 spiro atoms. The van der Waals surface area contributed by atoms with Crippen LogP contribution in [0.15, 0.2) is 30.6 Å². The van der Waals surface area contributed by atoms with Crippen LogP contribution >= 0.6 is 0 Å². The van der Waals surface area contributed by atoms with Crippen molar-refractivity contribution in [2.24, 2.45) is 0 Å². The van der Waals surface area contributed by atoms with Gasteiger partial charge in [-0.15, -0.1) is 0 Å². The normalized spacial score (nSPS) is 24.1. The summed E-state index contributed by atoms with van der Waals surface area (Å²) in [5.74, 6) is 1.30. The van der Waals surface area contributed by atoms with E-state index in [0.29, 0.717) is 48.1 Å². The van der Waals surface area contributed by atoms with Crippen LogP contribution in [0.2, 0.25) is 0 Å². The Labute approximate surface area is 175 Å². The number of anilines is 2. The molecule has 3 N–H and O–H groups in total. The molecule has 2 aromatic rings. The van der Waals surface area contributed by atoms with Gasteiger partial charge in [0.15, 0.2) is 0 Å². The molecule has 0 radical (unpaired) electrons. The van der Waals surface area contributed by atoms with Gasteiger partial charge in [-0.1, -0.05) is 0 Å². The molecular weight excluding hydrogens is 382 g/mol. The van der Waals surface area contributed by atoms with Crippen LogP contribution in [-0.2, 0) is 9.47 Å². The average Bonchev–Trinajstić information content (AvgIpc) is 3.03. The van der Waals surface area contributed by atoms with Crippen LogP contribution in [-0.4, -0.2) is 60.3 Å². The van der Waals surface area contributed by atoms with Crippen molar-refractivity contribution in [2.75, 3.05) is 37.1 Å². The molecule has 0 amide bonds. The number of ether oxygens (including phenoxy) is 3. The Kier molecular flexibility index (Phi) is 5.26. The number of hydrogen-bond acceptors (Lipinski definition) is 8. The lowest BCUT2D eigenvalue weighted by Crippen LogP contribution is -2.46. The molecule has 0 aromatic carbocycles. The summed E-state index contributed by atoms with van der Waals surface area (Å²) in [6, 6.07) is 6.25. The predicted octanol–water partition coefficient (Wildman–Crippen LogP) is 2.40. The van der Waals surface area contributed by atoms with Crippen LogP contribution in [0.4, 0.5) is 11.5 Å². The van der Waals surface area contributed by atoms with Crippen molar-refractivity contribution < 1.29 is 14.2 Å². The Morgan fingerprint density at radius 2 is 1.77 bits per heavy atom. The smallest absolute Gasteiger partial charge is 0.225 e. The van der Waals surface area contributed by atoms with Gasteiger partial charge in [0.2, 0.25) is 5.88 Å². The Bertz CT molecular complexity index is 915. The number of rotatable bonds is 5. The summed E-state index contributed by atoms with van der Waals surface area (Å²) in [6.07, 6.45) is 7.27. The number of fused-ring (bicyclic) bond motifs is 2. The molecule has 2 atom stereocenters. The van der Waals surface area contributed by atoms with Gasteiger partial charge in [-0.05, 0) is 31.0 Å².